The van der Waals surface area contributed by atoms with Crippen molar-refractivity contribution in [1.29, 1.82) is 0 Å². The summed E-state index contributed by atoms with van der Waals surface area (Å²) in [6.07, 6.45) is 4.29. The highest BCUT2D eigenvalue weighted by atomic mass is 16.3. The fraction of sp³-hybridized carbons (Fsp3) is 0.583. The first kappa shape index (κ1) is 24.2. The number of aromatic amines is 1. The number of unbranched alkanes of at least 4 members (excludes halogenated alkanes) is 1. The number of para-hydroxylation sites is 1. The van der Waals surface area contributed by atoms with Crippen LogP contribution in [0.3, 0.4) is 0 Å². The van der Waals surface area contributed by atoms with E-state index in [1.807, 2.05) is 37.4 Å². The molecule has 1 aliphatic heterocycles. The number of carbonyl (C=O) groups is 2. The standard InChI is InChI=1S/C24H36N4O4/c1-3-18(30)15-28(14-16(2)29)11-7-6-10-21-23(31)27-22(24(32)26-21)12-17-13-25-20-9-5-4-8-19(17)20/h4-5,8-9,13,16,18,21-22,25,29-30H,3,6-7,10-12,14-15H2,1-2H3,(H,26,32)(H,27,31). The lowest BCUT2D eigenvalue weighted by molar-refractivity contribution is -0.136. The largest absolute Gasteiger partial charge is 0.392 e. The molecule has 32 heavy (non-hydrogen) atoms. The molecule has 1 aromatic heterocycles. The Hall–Kier alpha value is -2.42. The van der Waals surface area contributed by atoms with Gasteiger partial charge in [0.15, 0.2) is 0 Å². The number of amides is 2. The van der Waals surface area contributed by atoms with Gasteiger partial charge in [-0.25, -0.2) is 0 Å². The van der Waals surface area contributed by atoms with Gasteiger partial charge in [0, 0.05) is 36.6 Å². The summed E-state index contributed by atoms with van der Waals surface area (Å²) in [5.74, 6) is -0.293. The predicted molar refractivity (Wildman–Crippen MR) is 124 cm³/mol. The second-order valence-corrected chi connectivity index (χ2v) is 8.85. The first-order valence-electron chi connectivity index (χ1n) is 11.6. The number of hydrogen-bond acceptors (Lipinski definition) is 5. The fourth-order valence-corrected chi connectivity index (χ4v) is 4.28. The minimum Gasteiger partial charge on any atom is -0.392 e. The highest BCUT2D eigenvalue weighted by Crippen LogP contribution is 2.20. The third kappa shape index (κ3) is 6.54. The molecule has 8 heteroatoms. The van der Waals surface area contributed by atoms with Crippen LogP contribution in [0.4, 0.5) is 0 Å². The highest BCUT2D eigenvalue weighted by molar-refractivity contribution is 5.97. The first-order chi connectivity index (χ1) is 15.4. The molecule has 8 nitrogen and oxygen atoms in total. The van der Waals surface area contributed by atoms with Gasteiger partial charge in [0.2, 0.25) is 11.8 Å². The summed E-state index contributed by atoms with van der Waals surface area (Å²) < 4.78 is 0. The summed E-state index contributed by atoms with van der Waals surface area (Å²) in [6, 6.07) is 6.81. The Balaban J connectivity index is 1.46. The van der Waals surface area contributed by atoms with E-state index in [9.17, 15) is 19.8 Å². The van der Waals surface area contributed by atoms with Crippen LogP contribution in [0.1, 0.15) is 45.1 Å². The lowest BCUT2D eigenvalue weighted by Crippen LogP contribution is -2.62. The SMILES string of the molecule is CCC(O)CN(CCCCC1NC(=O)C(Cc2c[nH]c3ccccc23)NC1=O)CC(C)O. The molecular weight excluding hydrogens is 408 g/mol. The Bertz CT molecular complexity index is 897. The van der Waals surface area contributed by atoms with Gasteiger partial charge >= 0.3 is 0 Å². The number of fused-ring (bicyclic) bond motifs is 1. The van der Waals surface area contributed by atoms with Crippen molar-refractivity contribution in [2.45, 2.75) is 70.2 Å². The molecular formula is C24H36N4O4. The molecule has 3 rings (SSSR count). The zero-order valence-corrected chi connectivity index (χ0v) is 19.0. The van der Waals surface area contributed by atoms with E-state index < -0.39 is 24.3 Å². The molecule has 5 N–H and O–H groups in total. The summed E-state index contributed by atoms with van der Waals surface area (Å²) in [5, 5.41) is 26.4. The average Bonchev–Trinajstić information content (AvgIpc) is 3.16. The van der Waals surface area contributed by atoms with Crippen LogP contribution in [-0.2, 0) is 16.0 Å². The molecule has 0 radical (unpaired) electrons. The molecule has 1 aromatic carbocycles. The van der Waals surface area contributed by atoms with E-state index in [2.05, 4.69) is 20.5 Å². The number of nitrogens with one attached hydrogen (secondary N) is 3. The van der Waals surface area contributed by atoms with Crippen LogP contribution in [-0.4, -0.2) is 75.8 Å². The van der Waals surface area contributed by atoms with Crippen molar-refractivity contribution in [2.75, 3.05) is 19.6 Å². The monoisotopic (exact) mass is 444 g/mol. The Kier molecular flexibility index (Phi) is 8.67. The Morgan fingerprint density at radius 1 is 1.03 bits per heavy atom. The van der Waals surface area contributed by atoms with E-state index >= 15 is 0 Å². The molecule has 1 fully saturated rings. The van der Waals surface area contributed by atoms with E-state index in [0.29, 0.717) is 32.4 Å². The van der Waals surface area contributed by atoms with Gasteiger partial charge in [-0.15, -0.1) is 0 Å². The van der Waals surface area contributed by atoms with E-state index in [-0.39, 0.29) is 11.8 Å². The maximum absolute atomic E-state index is 12.6. The van der Waals surface area contributed by atoms with Crippen LogP contribution in [0.2, 0.25) is 0 Å². The van der Waals surface area contributed by atoms with Gasteiger partial charge in [0.05, 0.1) is 12.2 Å². The summed E-state index contributed by atoms with van der Waals surface area (Å²) >= 11 is 0. The number of H-pyrrole nitrogens is 1. The van der Waals surface area contributed by atoms with Crippen LogP contribution in [0.25, 0.3) is 10.9 Å². The van der Waals surface area contributed by atoms with Crippen molar-refractivity contribution in [3.8, 4) is 0 Å². The van der Waals surface area contributed by atoms with Crippen molar-refractivity contribution in [1.82, 2.24) is 20.5 Å². The number of rotatable bonds is 12. The van der Waals surface area contributed by atoms with Crippen LogP contribution >= 0.6 is 0 Å². The summed E-state index contributed by atoms with van der Waals surface area (Å²) in [6.45, 7) is 5.43. The average molecular weight is 445 g/mol. The molecule has 2 aromatic rings. The number of aliphatic hydroxyl groups is 2. The van der Waals surface area contributed by atoms with Crippen LogP contribution in [0.5, 0.6) is 0 Å². The summed E-state index contributed by atoms with van der Waals surface area (Å²) in [7, 11) is 0. The van der Waals surface area contributed by atoms with Gasteiger partial charge in [0.1, 0.15) is 12.1 Å². The Labute approximate surface area is 189 Å². The number of aromatic nitrogens is 1. The van der Waals surface area contributed by atoms with Crippen LogP contribution in [0, 0.1) is 0 Å². The number of aliphatic hydroxyl groups excluding tert-OH is 2. The van der Waals surface area contributed by atoms with Crippen molar-refractivity contribution >= 4 is 22.7 Å². The second-order valence-electron chi connectivity index (χ2n) is 8.85. The van der Waals surface area contributed by atoms with Gasteiger partial charge in [0.25, 0.3) is 0 Å². The number of nitrogens with zero attached hydrogens (tertiary/aromatic N) is 1. The number of benzene rings is 1. The lowest BCUT2D eigenvalue weighted by atomic mass is 9.99. The van der Waals surface area contributed by atoms with Crippen molar-refractivity contribution in [3.05, 3.63) is 36.0 Å². The van der Waals surface area contributed by atoms with E-state index in [4.69, 9.17) is 0 Å². The van der Waals surface area contributed by atoms with Gasteiger partial charge in [-0.05, 0) is 50.8 Å². The molecule has 1 aliphatic rings. The summed E-state index contributed by atoms with van der Waals surface area (Å²) in [5.41, 5.74) is 2.02. The first-order valence-corrected chi connectivity index (χ1v) is 11.6. The van der Waals surface area contributed by atoms with E-state index in [0.717, 1.165) is 35.9 Å². The van der Waals surface area contributed by atoms with Crippen molar-refractivity contribution in [3.63, 3.8) is 0 Å². The quantitative estimate of drug-likeness (QED) is 0.317. The summed E-state index contributed by atoms with van der Waals surface area (Å²) in [4.78, 5) is 30.5. The molecule has 2 amide bonds. The molecule has 0 spiro atoms. The molecule has 4 unspecified atom stereocenters. The number of piperazine rings is 1. The van der Waals surface area contributed by atoms with E-state index in [1.165, 1.54) is 0 Å². The number of carbonyl (C=O) groups excluding carboxylic acids is 2. The molecule has 0 saturated carbocycles. The van der Waals surface area contributed by atoms with Crippen LogP contribution < -0.4 is 10.6 Å². The van der Waals surface area contributed by atoms with Gasteiger partial charge < -0.3 is 25.8 Å². The fourth-order valence-electron chi connectivity index (χ4n) is 4.28. The molecule has 2 heterocycles. The molecule has 1 saturated heterocycles. The molecule has 4 atom stereocenters. The lowest BCUT2D eigenvalue weighted by Gasteiger charge is -2.30. The van der Waals surface area contributed by atoms with Gasteiger partial charge in [-0.1, -0.05) is 25.1 Å². The molecule has 176 valence electrons. The maximum Gasteiger partial charge on any atom is 0.243 e. The molecule has 0 aliphatic carbocycles. The van der Waals surface area contributed by atoms with Gasteiger partial charge in [-0.3, -0.25) is 14.5 Å². The second kappa shape index (κ2) is 11.4. The topological polar surface area (TPSA) is 118 Å². The minimum atomic E-state index is -0.574. The Morgan fingerprint density at radius 2 is 1.75 bits per heavy atom. The zero-order valence-electron chi connectivity index (χ0n) is 19.0. The van der Waals surface area contributed by atoms with Crippen LogP contribution in [0.15, 0.2) is 30.5 Å². The maximum atomic E-state index is 12.6. The third-order valence-corrected chi connectivity index (χ3v) is 6.04. The normalized spacial score (nSPS) is 20.9. The Morgan fingerprint density at radius 3 is 2.50 bits per heavy atom. The van der Waals surface area contributed by atoms with E-state index in [1.54, 1.807) is 6.92 Å². The van der Waals surface area contributed by atoms with Gasteiger partial charge in [-0.2, -0.15) is 0 Å². The predicted octanol–water partition coefficient (Wildman–Crippen LogP) is 1.32. The zero-order chi connectivity index (χ0) is 23.1. The highest BCUT2D eigenvalue weighted by Gasteiger charge is 2.33. The molecule has 0 bridgehead atoms. The smallest absolute Gasteiger partial charge is 0.243 e. The minimum absolute atomic E-state index is 0.142. The number of hydrogen-bond donors (Lipinski definition) is 5. The van der Waals surface area contributed by atoms with Crippen molar-refractivity contribution in [2.24, 2.45) is 0 Å². The van der Waals surface area contributed by atoms with Crippen molar-refractivity contribution < 1.29 is 19.8 Å². The third-order valence-electron chi connectivity index (χ3n) is 6.04.